The van der Waals surface area contributed by atoms with Crippen molar-refractivity contribution in [1.29, 1.82) is 0 Å². The van der Waals surface area contributed by atoms with Gasteiger partial charge in [0.1, 0.15) is 5.01 Å². The number of aromatic nitrogens is 1. The standard InChI is InChI=1S/C13H17NO2S/c1-9-10(2)17-12(14-9)11-3-5-13(6-4-11)15-7-8-16-13/h3H,4-8H2,1-2H3. The molecule has 0 saturated carbocycles. The maximum absolute atomic E-state index is 5.71. The molecule has 3 nitrogen and oxygen atoms in total. The second-order valence-corrected chi connectivity index (χ2v) is 5.90. The Bertz CT molecular complexity index is 438. The zero-order valence-electron chi connectivity index (χ0n) is 10.3. The third-order valence-corrected chi connectivity index (χ3v) is 4.70. The number of allylic oxidation sites excluding steroid dienone is 1. The Morgan fingerprint density at radius 2 is 2.06 bits per heavy atom. The first-order valence-electron chi connectivity index (χ1n) is 6.10. The summed E-state index contributed by atoms with van der Waals surface area (Å²) < 4.78 is 11.4. The van der Waals surface area contributed by atoms with Crippen LogP contribution in [0.5, 0.6) is 0 Å². The maximum atomic E-state index is 5.71. The molecule has 1 fully saturated rings. The van der Waals surface area contributed by atoms with Gasteiger partial charge in [0.05, 0.1) is 18.9 Å². The summed E-state index contributed by atoms with van der Waals surface area (Å²) in [5.74, 6) is -0.315. The lowest BCUT2D eigenvalue weighted by molar-refractivity contribution is -0.159. The van der Waals surface area contributed by atoms with Gasteiger partial charge in [0, 0.05) is 17.7 Å². The predicted molar refractivity (Wildman–Crippen MR) is 68.1 cm³/mol. The van der Waals surface area contributed by atoms with E-state index in [4.69, 9.17) is 9.47 Å². The van der Waals surface area contributed by atoms with E-state index in [0.717, 1.165) is 38.2 Å². The molecule has 0 bridgehead atoms. The number of rotatable bonds is 1. The first kappa shape index (κ1) is 11.4. The Labute approximate surface area is 105 Å². The van der Waals surface area contributed by atoms with E-state index in [-0.39, 0.29) is 5.79 Å². The van der Waals surface area contributed by atoms with Gasteiger partial charge in [-0.3, -0.25) is 0 Å². The second-order valence-electron chi connectivity index (χ2n) is 4.70. The molecule has 1 aromatic heterocycles. The van der Waals surface area contributed by atoms with Crippen molar-refractivity contribution in [1.82, 2.24) is 4.98 Å². The van der Waals surface area contributed by atoms with E-state index in [9.17, 15) is 0 Å². The smallest absolute Gasteiger partial charge is 0.172 e. The largest absolute Gasteiger partial charge is 0.347 e. The third kappa shape index (κ3) is 2.05. The van der Waals surface area contributed by atoms with Crippen LogP contribution < -0.4 is 0 Å². The Balaban J connectivity index is 1.80. The molecule has 1 aliphatic heterocycles. The summed E-state index contributed by atoms with van der Waals surface area (Å²) in [7, 11) is 0. The van der Waals surface area contributed by atoms with E-state index in [2.05, 4.69) is 24.9 Å². The Hall–Kier alpha value is -0.710. The fourth-order valence-corrected chi connectivity index (χ4v) is 3.35. The first-order valence-corrected chi connectivity index (χ1v) is 6.92. The van der Waals surface area contributed by atoms with E-state index in [0.29, 0.717) is 0 Å². The first-order chi connectivity index (χ1) is 8.19. The minimum Gasteiger partial charge on any atom is -0.347 e. The van der Waals surface area contributed by atoms with Crippen molar-refractivity contribution in [2.45, 2.75) is 38.9 Å². The molecule has 1 spiro atoms. The van der Waals surface area contributed by atoms with Crippen LogP contribution in [0, 0.1) is 13.8 Å². The van der Waals surface area contributed by atoms with Crippen LogP contribution in [0.2, 0.25) is 0 Å². The zero-order chi connectivity index (χ0) is 11.9. The molecule has 1 aliphatic carbocycles. The van der Waals surface area contributed by atoms with Gasteiger partial charge < -0.3 is 9.47 Å². The van der Waals surface area contributed by atoms with E-state index < -0.39 is 0 Å². The van der Waals surface area contributed by atoms with E-state index in [1.165, 1.54) is 15.5 Å². The lowest BCUT2D eigenvalue weighted by Gasteiger charge is -2.30. The molecule has 17 heavy (non-hydrogen) atoms. The summed E-state index contributed by atoms with van der Waals surface area (Å²) >= 11 is 1.79. The van der Waals surface area contributed by atoms with Gasteiger partial charge in [-0.15, -0.1) is 11.3 Å². The van der Waals surface area contributed by atoms with E-state index >= 15 is 0 Å². The summed E-state index contributed by atoms with van der Waals surface area (Å²) in [6.07, 6.45) is 5.06. The van der Waals surface area contributed by atoms with Crippen LogP contribution in [0.25, 0.3) is 5.57 Å². The molecule has 1 saturated heterocycles. The quantitative estimate of drug-likeness (QED) is 0.768. The van der Waals surface area contributed by atoms with Crippen molar-refractivity contribution in [2.24, 2.45) is 0 Å². The minimum absolute atomic E-state index is 0.315. The highest BCUT2D eigenvalue weighted by atomic mass is 32.1. The van der Waals surface area contributed by atoms with Crippen LogP contribution in [0.15, 0.2) is 6.08 Å². The molecule has 0 unspecified atom stereocenters. The summed E-state index contributed by atoms with van der Waals surface area (Å²) in [6.45, 7) is 5.67. The molecule has 0 N–H and O–H groups in total. The maximum Gasteiger partial charge on any atom is 0.172 e. The molecule has 2 heterocycles. The summed E-state index contributed by atoms with van der Waals surface area (Å²) in [5.41, 5.74) is 2.51. The van der Waals surface area contributed by atoms with Crippen LogP contribution in [0.1, 0.15) is 34.8 Å². The molecule has 92 valence electrons. The average Bonchev–Trinajstić information content (AvgIpc) is 2.90. The second kappa shape index (κ2) is 4.19. The summed E-state index contributed by atoms with van der Waals surface area (Å²) in [6, 6.07) is 0. The predicted octanol–water partition coefficient (Wildman–Crippen LogP) is 3.07. The molecule has 1 aromatic rings. The highest BCUT2D eigenvalue weighted by Gasteiger charge is 2.38. The number of hydrogen-bond donors (Lipinski definition) is 0. The van der Waals surface area contributed by atoms with Gasteiger partial charge >= 0.3 is 0 Å². The van der Waals surface area contributed by atoms with Gasteiger partial charge in [-0.25, -0.2) is 4.98 Å². The van der Waals surface area contributed by atoms with Crippen LogP contribution in [0.4, 0.5) is 0 Å². The minimum atomic E-state index is -0.315. The fourth-order valence-electron chi connectivity index (χ4n) is 2.37. The molecule has 0 aromatic carbocycles. The molecular formula is C13H17NO2S. The molecule has 3 rings (SSSR count). The SMILES string of the molecule is Cc1nc(C2=CCC3(CC2)OCCO3)sc1C. The van der Waals surface area contributed by atoms with Crippen molar-refractivity contribution >= 4 is 16.9 Å². The fraction of sp³-hybridized carbons (Fsp3) is 0.615. The van der Waals surface area contributed by atoms with Crippen LogP contribution in [-0.4, -0.2) is 24.0 Å². The number of aryl methyl sites for hydroxylation is 2. The molecule has 4 heteroatoms. The van der Waals surface area contributed by atoms with Gasteiger partial charge in [0.15, 0.2) is 5.79 Å². The average molecular weight is 251 g/mol. The van der Waals surface area contributed by atoms with Crippen LogP contribution >= 0.6 is 11.3 Å². The van der Waals surface area contributed by atoms with Gasteiger partial charge in [-0.2, -0.15) is 0 Å². The monoisotopic (exact) mass is 251 g/mol. The van der Waals surface area contributed by atoms with Crippen molar-refractivity contribution in [3.05, 3.63) is 21.7 Å². The van der Waals surface area contributed by atoms with Gasteiger partial charge in [-0.05, 0) is 25.8 Å². The number of hydrogen-bond acceptors (Lipinski definition) is 4. The van der Waals surface area contributed by atoms with Crippen molar-refractivity contribution < 1.29 is 9.47 Å². The molecular weight excluding hydrogens is 234 g/mol. The van der Waals surface area contributed by atoms with E-state index in [1.54, 1.807) is 11.3 Å². The van der Waals surface area contributed by atoms with Gasteiger partial charge in [0.2, 0.25) is 0 Å². The highest BCUT2D eigenvalue weighted by molar-refractivity contribution is 7.12. The zero-order valence-corrected chi connectivity index (χ0v) is 11.1. The summed E-state index contributed by atoms with van der Waals surface area (Å²) in [5, 5.41) is 1.17. The summed E-state index contributed by atoms with van der Waals surface area (Å²) in [4.78, 5) is 5.93. The van der Waals surface area contributed by atoms with Crippen molar-refractivity contribution in [2.75, 3.05) is 13.2 Å². The van der Waals surface area contributed by atoms with Crippen LogP contribution in [-0.2, 0) is 9.47 Å². The van der Waals surface area contributed by atoms with Crippen molar-refractivity contribution in [3.63, 3.8) is 0 Å². The highest BCUT2D eigenvalue weighted by Crippen LogP contribution is 2.39. The molecule has 0 atom stereocenters. The topological polar surface area (TPSA) is 31.4 Å². The van der Waals surface area contributed by atoms with E-state index in [1.807, 2.05) is 0 Å². The normalized spacial score (nSPS) is 23.1. The van der Waals surface area contributed by atoms with Crippen molar-refractivity contribution in [3.8, 4) is 0 Å². The van der Waals surface area contributed by atoms with Crippen LogP contribution in [0.3, 0.4) is 0 Å². The number of thiazole rings is 1. The molecule has 0 radical (unpaired) electrons. The Morgan fingerprint density at radius 3 is 2.59 bits per heavy atom. The van der Waals surface area contributed by atoms with Gasteiger partial charge in [0.25, 0.3) is 0 Å². The molecule has 2 aliphatic rings. The Kier molecular flexibility index (Phi) is 2.81. The van der Waals surface area contributed by atoms with Gasteiger partial charge in [-0.1, -0.05) is 6.08 Å². The third-order valence-electron chi connectivity index (χ3n) is 3.55. The number of ether oxygens (including phenoxy) is 2. The lowest BCUT2D eigenvalue weighted by Crippen LogP contribution is -2.31. The lowest BCUT2D eigenvalue weighted by atomic mass is 9.94. The molecule has 0 amide bonds. The Morgan fingerprint density at radius 1 is 1.29 bits per heavy atom. The number of nitrogens with zero attached hydrogens (tertiary/aromatic N) is 1.